The number of aromatic hydroxyl groups is 1. The van der Waals surface area contributed by atoms with Gasteiger partial charge in [0.2, 0.25) is 0 Å². The first kappa shape index (κ1) is 18.3. The molecule has 0 atom stereocenters. The van der Waals surface area contributed by atoms with Gasteiger partial charge in [0.15, 0.2) is 0 Å². The monoisotopic (exact) mass is 348 g/mol. The summed E-state index contributed by atoms with van der Waals surface area (Å²) in [5.41, 5.74) is 1.96. The Kier molecular flexibility index (Phi) is 6.04. The maximum atomic E-state index is 10.3. The average molecular weight is 348 g/mol. The smallest absolute Gasteiger partial charge is 0.145 e. The van der Waals surface area contributed by atoms with Crippen LogP contribution in [-0.4, -0.2) is 59.8 Å². The minimum Gasteiger partial charge on any atom is -0.505 e. The Morgan fingerprint density at radius 1 is 1.28 bits per heavy atom. The molecule has 1 aliphatic heterocycles. The number of aliphatic imine (C=N–C) groups is 1. The standard InChI is InChI=1S/C19H29N3O3/c1-15-18(24)17(16(13-23)11-21-15)12-20-14-19(5-3-2-4-6-19)22-7-9-25-10-8-22/h11-12,23-24H,2-10,13-14H2,1H3/p+1. The van der Waals surface area contributed by atoms with Crippen molar-refractivity contribution in [3.63, 3.8) is 0 Å². The molecular weight excluding hydrogens is 318 g/mol. The minimum absolute atomic E-state index is 0.117. The molecule has 1 saturated heterocycles. The van der Waals surface area contributed by atoms with Crippen LogP contribution in [0.4, 0.5) is 0 Å². The first-order chi connectivity index (χ1) is 12.2. The SMILES string of the molecule is Cc1ncc(CO)c(C=NCC2([NH+]3CCOCC3)CCCCC2)c1O. The van der Waals surface area contributed by atoms with Crippen LogP contribution >= 0.6 is 0 Å². The third-order valence-electron chi connectivity index (χ3n) is 5.80. The molecule has 2 fully saturated rings. The number of hydrogen-bond acceptors (Lipinski definition) is 5. The summed E-state index contributed by atoms with van der Waals surface area (Å²) in [6, 6.07) is 0. The van der Waals surface area contributed by atoms with E-state index in [9.17, 15) is 10.2 Å². The average Bonchev–Trinajstić information content (AvgIpc) is 2.67. The van der Waals surface area contributed by atoms with Crippen LogP contribution in [0.2, 0.25) is 0 Å². The Labute approximate surface area is 149 Å². The zero-order valence-corrected chi connectivity index (χ0v) is 15.1. The molecule has 2 heterocycles. The van der Waals surface area contributed by atoms with Crippen LogP contribution in [0, 0.1) is 6.92 Å². The quantitative estimate of drug-likeness (QED) is 0.682. The minimum atomic E-state index is -0.151. The lowest BCUT2D eigenvalue weighted by Crippen LogP contribution is -3.22. The molecule has 6 nitrogen and oxygen atoms in total. The van der Waals surface area contributed by atoms with Crippen LogP contribution in [0.1, 0.15) is 48.9 Å². The van der Waals surface area contributed by atoms with Gasteiger partial charge in [0.25, 0.3) is 0 Å². The molecule has 0 bridgehead atoms. The fraction of sp³-hybridized carbons (Fsp3) is 0.684. The van der Waals surface area contributed by atoms with E-state index >= 15 is 0 Å². The number of nitrogens with zero attached hydrogens (tertiary/aromatic N) is 2. The molecule has 0 spiro atoms. The molecule has 2 aliphatic rings. The summed E-state index contributed by atoms with van der Waals surface area (Å²) in [4.78, 5) is 10.5. The van der Waals surface area contributed by atoms with E-state index in [4.69, 9.17) is 9.73 Å². The normalized spacial score (nSPS) is 21.7. The van der Waals surface area contributed by atoms with E-state index in [-0.39, 0.29) is 17.9 Å². The van der Waals surface area contributed by atoms with E-state index in [1.165, 1.54) is 32.1 Å². The van der Waals surface area contributed by atoms with Gasteiger partial charge in [-0.25, -0.2) is 0 Å². The van der Waals surface area contributed by atoms with Crippen LogP contribution < -0.4 is 4.90 Å². The molecule has 0 radical (unpaired) electrons. The van der Waals surface area contributed by atoms with Crippen molar-refractivity contribution in [2.75, 3.05) is 32.8 Å². The molecule has 0 unspecified atom stereocenters. The Balaban J connectivity index is 1.79. The molecule has 0 aromatic carbocycles. The Morgan fingerprint density at radius 3 is 2.68 bits per heavy atom. The third kappa shape index (κ3) is 4.02. The van der Waals surface area contributed by atoms with Crippen LogP contribution in [-0.2, 0) is 11.3 Å². The molecule has 25 heavy (non-hydrogen) atoms. The molecular formula is C19H30N3O3+. The van der Waals surface area contributed by atoms with Gasteiger partial charge in [-0.05, 0) is 19.8 Å². The molecule has 3 rings (SSSR count). The third-order valence-corrected chi connectivity index (χ3v) is 5.80. The second-order valence-corrected chi connectivity index (χ2v) is 7.32. The first-order valence-electron chi connectivity index (χ1n) is 9.37. The van der Waals surface area contributed by atoms with E-state index in [1.807, 2.05) is 0 Å². The van der Waals surface area contributed by atoms with Crippen LogP contribution in [0.5, 0.6) is 5.75 Å². The summed E-state index contributed by atoms with van der Waals surface area (Å²) in [7, 11) is 0. The van der Waals surface area contributed by atoms with Gasteiger partial charge in [0.05, 0.1) is 32.1 Å². The number of aromatic nitrogens is 1. The van der Waals surface area contributed by atoms with Crippen molar-refractivity contribution < 1.29 is 19.8 Å². The predicted molar refractivity (Wildman–Crippen MR) is 96.4 cm³/mol. The van der Waals surface area contributed by atoms with Gasteiger partial charge in [0, 0.05) is 36.4 Å². The van der Waals surface area contributed by atoms with Gasteiger partial charge < -0.3 is 19.8 Å². The molecule has 1 aliphatic carbocycles. The summed E-state index contributed by atoms with van der Waals surface area (Å²) < 4.78 is 5.54. The first-order valence-corrected chi connectivity index (χ1v) is 9.37. The number of quaternary nitrogens is 1. The fourth-order valence-electron chi connectivity index (χ4n) is 4.23. The number of aryl methyl sites for hydroxylation is 1. The molecule has 138 valence electrons. The van der Waals surface area contributed by atoms with Gasteiger partial charge in [-0.1, -0.05) is 6.42 Å². The fourth-order valence-corrected chi connectivity index (χ4v) is 4.23. The molecule has 3 N–H and O–H groups in total. The highest BCUT2D eigenvalue weighted by Crippen LogP contribution is 2.27. The summed E-state index contributed by atoms with van der Waals surface area (Å²) >= 11 is 0. The lowest BCUT2D eigenvalue weighted by Gasteiger charge is -2.44. The topological polar surface area (TPSA) is 79.4 Å². The molecule has 6 heteroatoms. The van der Waals surface area contributed by atoms with Gasteiger partial charge in [-0.3, -0.25) is 9.98 Å². The van der Waals surface area contributed by atoms with Crippen molar-refractivity contribution in [1.82, 2.24) is 4.98 Å². The summed E-state index contributed by atoms with van der Waals surface area (Å²) in [6.45, 7) is 6.14. The van der Waals surface area contributed by atoms with Gasteiger partial charge in [-0.2, -0.15) is 0 Å². The van der Waals surface area contributed by atoms with Crippen molar-refractivity contribution in [1.29, 1.82) is 0 Å². The van der Waals surface area contributed by atoms with Crippen molar-refractivity contribution in [3.8, 4) is 5.75 Å². The molecule has 1 saturated carbocycles. The number of hydrogen-bond donors (Lipinski definition) is 3. The number of rotatable bonds is 5. The maximum absolute atomic E-state index is 10.3. The lowest BCUT2D eigenvalue weighted by molar-refractivity contribution is -0.959. The largest absolute Gasteiger partial charge is 0.505 e. The highest BCUT2D eigenvalue weighted by atomic mass is 16.5. The van der Waals surface area contributed by atoms with E-state index in [0.717, 1.165) is 32.8 Å². The van der Waals surface area contributed by atoms with E-state index in [1.54, 1.807) is 24.2 Å². The number of aliphatic hydroxyl groups excluding tert-OH is 1. The zero-order chi connectivity index (χ0) is 17.7. The van der Waals surface area contributed by atoms with Gasteiger partial charge >= 0.3 is 0 Å². The second-order valence-electron chi connectivity index (χ2n) is 7.32. The van der Waals surface area contributed by atoms with Gasteiger partial charge in [0.1, 0.15) is 24.4 Å². The summed E-state index contributed by atoms with van der Waals surface area (Å²) in [5.74, 6) is 0.117. The zero-order valence-electron chi connectivity index (χ0n) is 15.1. The van der Waals surface area contributed by atoms with Crippen molar-refractivity contribution >= 4 is 6.21 Å². The van der Waals surface area contributed by atoms with Crippen LogP contribution in [0.3, 0.4) is 0 Å². The lowest BCUT2D eigenvalue weighted by atomic mass is 9.80. The summed E-state index contributed by atoms with van der Waals surface area (Å²) in [5, 5.41) is 19.8. The number of ether oxygens (including phenoxy) is 1. The van der Waals surface area contributed by atoms with Crippen molar-refractivity contribution in [3.05, 3.63) is 23.0 Å². The van der Waals surface area contributed by atoms with E-state index in [2.05, 4.69) is 4.98 Å². The Morgan fingerprint density at radius 2 is 2.00 bits per heavy atom. The Hall–Kier alpha value is -1.50. The molecule has 1 aromatic heterocycles. The van der Waals surface area contributed by atoms with E-state index in [0.29, 0.717) is 16.8 Å². The molecule has 1 aromatic rings. The van der Waals surface area contributed by atoms with Crippen molar-refractivity contribution in [2.24, 2.45) is 4.99 Å². The van der Waals surface area contributed by atoms with E-state index < -0.39 is 0 Å². The highest BCUT2D eigenvalue weighted by Gasteiger charge is 2.42. The van der Waals surface area contributed by atoms with Crippen LogP contribution in [0.15, 0.2) is 11.2 Å². The van der Waals surface area contributed by atoms with Gasteiger partial charge in [-0.15, -0.1) is 0 Å². The predicted octanol–water partition coefficient (Wildman–Crippen LogP) is 0.625. The van der Waals surface area contributed by atoms with Crippen LogP contribution in [0.25, 0.3) is 0 Å². The number of aliphatic hydroxyl groups is 1. The number of nitrogens with one attached hydrogen (secondary N) is 1. The highest BCUT2D eigenvalue weighted by molar-refractivity contribution is 5.85. The van der Waals surface area contributed by atoms with Crippen molar-refractivity contribution in [2.45, 2.75) is 51.2 Å². The second kappa shape index (κ2) is 8.25. The Bertz CT molecular complexity index is 606. The maximum Gasteiger partial charge on any atom is 0.145 e. The summed E-state index contributed by atoms with van der Waals surface area (Å²) in [6.07, 6.45) is 9.59. The number of pyridine rings is 1. The number of morpholine rings is 1. The molecule has 0 amide bonds.